The van der Waals surface area contributed by atoms with Crippen molar-refractivity contribution < 1.29 is 13.9 Å². The van der Waals surface area contributed by atoms with Gasteiger partial charge in [-0.05, 0) is 37.5 Å². The van der Waals surface area contributed by atoms with E-state index in [1.54, 1.807) is 7.05 Å². The molecular formula is C18H20N2O3. The Kier molecular flexibility index (Phi) is 4.52. The zero-order chi connectivity index (χ0) is 16.2. The number of carbonyl (C=O) groups excluding carboxylic acids is 1. The van der Waals surface area contributed by atoms with Crippen LogP contribution in [0.2, 0.25) is 0 Å². The Bertz CT molecular complexity index is 757. The molecule has 0 aliphatic heterocycles. The van der Waals surface area contributed by atoms with Crippen LogP contribution in [-0.4, -0.2) is 31.0 Å². The van der Waals surface area contributed by atoms with Gasteiger partial charge < -0.3 is 14.1 Å². The second-order valence-corrected chi connectivity index (χ2v) is 5.88. The number of furan rings is 1. The van der Waals surface area contributed by atoms with Crippen LogP contribution in [0.25, 0.3) is 11.0 Å². The van der Waals surface area contributed by atoms with Crippen molar-refractivity contribution >= 4 is 16.9 Å². The molecule has 1 amide bonds. The fourth-order valence-corrected chi connectivity index (χ4v) is 2.93. The number of hydrogen-bond acceptors (Lipinski definition) is 4. The first-order chi connectivity index (χ1) is 11.2. The third-order valence-electron chi connectivity index (χ3n) is 4.27. The molecule has 1 aromatic carbocycles. The summed E-state index contributed by atoms with van der Waals surface area (Å²) in [5.74, 6) is 1.64. The number of benzene rings is 1. The number of nitriles is 1. The molecule has 0 N–H and O–H groups in total. The van der Waals surface area contributed by atoms with Gasteiger partial charge in [0.25, 0.3) is 5.91 Å². The summed E-state index contributed by atoms with van der Waals surface area (Å²) < 4.78 is 11.5. The Balaban J connectivity index is 1.69. The number of fused-ring (bicyclic) bond motifs is 3. The molecule has 1 heterocycles. The number of nitrogens with zero attached hydrogens (tertiary/aromatic N) is 2. The SMILES string of the molecule is CN(CCC#N)C(=O)COc1ccc2oc3c(c2c1)CCCC3. The second kappa shape index (κ2) is 6.74. The average Bonchev–Trinajstić information content (AvgIpc) is 2.95. The molecule has 0 atom stereocenters. The molecule has 5 heteroatoms. The van der Waals surface area contributed by atoms with Gasteiger partial charge in [-0.15, -0.1) is 0 Å². The number of carbonyl (C=O) groups is 1. The molecule has 2 aromatic rings. The lowest BCUT2D eigenvalue weighted by atomic mass is 9.96. The smallest absolute Gasteiger partial charge is 0.260 e. The van der Waals surface area contributed by atoms with Crippen molar-refractivity contribution in [3.63, 3.8) is 0 Å². The summed E-state index contributed by atoms with van der Waals surface area (Å²) in [6, 6.07) is 7.73. The number of hydrogen-bond donors (Lipinski definition) is 0. The average molecular weight is 312 g/mol. The van der Waals surface area contributed by atoms with Gasteiger partial charge in [0.15, 0.2) is 6.61 Å². The fraction of sp³-hybridized carbons (Fsp3) is 0.444. The molecule has 0 unspecified atom stereocenters. The summed E-state index contributed by atoms with van der Waals surface area (Å²) in [6.45, 7) is 0.403. The molecule has 1 aliphatic carbocycles. The van der Waals surface area contributed by atoms with E-state index in [0.29, 0.717) is 18.7 Å². The van der Waals surface area contributed by atoms with Crippen molar-refractivity contribution in [3.05, 3.63) is 29.5 Å². The normalized spacial score (nSPS) is 13.4. The molecule has 120 valence electrons. The maximum Gasteiger partial charge on any atom is 0.260 e. The minimum atomic E-state index is -0.130. The molecule has 0 fully saturated rings. The Morgan fingerprint density at radius 2 is 2.22 bits per heavy atom. The van der Waals surface area contributed by atoms with Crippen molar-refractivity contribution in [3.8, 4) is 11.8 Å². The highest BCUT2D eigenvalue weighted by atomic mass is 16.5. The molecule has 0 saturated heterocycles. The van der Waals surface area contributed by atoms with Crippen molar-refractivity contribution in [1.82, 2.24) is 4.90 Å². The van der Waals surface area contributed by atoms with E-state index in [0.717, 1.165) is 29.6 Å². The van der Waals surface area contributed by atoms with Gasteiger partial charge in [0.1, 0.15) is 17.1 Å². The van der Waals surface area contributed by atoms with Crippen LogP contribution in [0.15, 0.2) is 22.6 Å². The lowest BCUT2D eigenvalue weighted by molar-refractivity contribution is -0.131. The van der Waals surface area contributed by atoms with E-state index in [4.69, 9.17) is 14.4 Å². The minimum absolute atomic E-state index is 0.0204. The van der Waals surface area contributed by atoms with E-state index < -0.39 is 0 Å². The summed E-state index contributed by atoms with van der Waals surface area (Å²) in [4.78, 5) is 13.5. The monoisotopic (exact) mass is 312 g/mol. The molecule has 0 spiro atoms. The molecule has 3 rings (SSSR count). The van der Waals surface area contributed by atoms with Crippen LogP contribution in [0.1, 0.15) is 30.6 Å². The third kappa shape index (κ3) is 3.31. The van der Waals surface area contributed by atoms with E-state index in [-0.39, 0.29) is 12.5 Å². The highest BCUT2D eigenvalue weighted by molar-refractivity contribution is 5.84. The Morgan fingerprint density at radius 1 is 1.39 bits per heavy atom. The third-order valence-corrected chi connectivity index (χ3v) is 4.27. The van der Waals surface area contributed by atoms with Gasteiger partial charge in [-0.25, -0.2) is 0 Å². The van der Waals surface area contributed by atoms with E-state index in [9.17, 15) is 4.79 Å². The van der Waals surface area contributed by atoms with Crippen LogP contribution in [0.4, 0.5) is 0 Å². The molecule has 0 bridgehead atoms. The first-order valence-electron chi connectivity index (χ1n) is 7.97. The van der Waals surface area contributed by atoms with E-state index in [1.165, 1.54) is 23.3 Å². The maximum atomic E-state index is 11.9. The molecule has 1 aromatic heterocycles. The van der Waals surface area contributed by atoms with Crippen molar-refractivity contribution in [1.29, 1.82) is 5.26 Å². The van der Waals surface area contributed by atoms with Gasteiger partial charge in [-0.2, -0.15) is 5.26 Å². The molecule has 23 heavy (non-hydrogen) atoms. The lowest BCUT2D eigenvalue weighted by Crippen LogP contribution is -2.32. The quantitative estimate of drug-likeness (QED) is 0.851. The predicted molar refractivity (Wildman–Crippen MR) is 86.2 cm³/mol. The van der Waals surface area contributed by atoms with Gasteiger partial charge >= 0.3 is 0 Å². The standard InChI is InChI=1S/C18H20N2O3/c1-20(10-4-9-19)18(21)12-22-13-7-8-17-15(11-13)14-5-2-3-6-16(14)23-17/h7-8,11H,2-6,10,12H2,1H3. The van der Waals surface area contributed by atoms with Crippen LogP contribution >= 0.6 is 0 Å². The van der Waals surface area contributed by atoms with Crippen LogP contribution in [0.3, 0.4) is 0 Å². The maximum absolute atomic E-state index is 11.9. The van der Waals surface area contributed by atoms with Crippen molar-refractivity contribution in [2.24, 2.45) is 0 Å². The van der Waals surface area contributed by atoms with E-state index >= 15 is 0 Å². The first kappa shape index (κ1) is 15.4. The van der Waals surface area contributed by atoms with Crippen LogP contribution in [0, 0.1) is 11.3 Å². The molecular weight excluding hydrogens is 292 g/mol. The van der Waals surface area contributed by atoms with Gasteiger partial charge in [0, 0.05) is 31.0 Å². The highest BCUT2D eigenvalue weighted by Gasteiger charge is 2.18. The van der Waals surface area contributed by atoms with Crippen LogP contribution in [0.5, 0.6) is 5.75 Å². The van der Waals surface area contributed by atoms with Gasteiger partial charge in [-0.3, -0.25) is 4.79 Å². The largest absolute Gasteiger partial charge is 0.484 e. The van der Waals surface area contributed by atoms with E-state index in [2.05, 4.69) is 0 Å². The highest BCUT2D eigenvalue weighted by Crippen LogP contribution is 2.33. The predicted octanol–water partition coefficient (Wildman–Crippen LogP) is 3.06. The molecule has 0 saturated carbocycles. The summed E-state index contributed by atoms with van der Waals surface area (Å²) in [7, 11) is 1.68. The van der Waals surface area contributed by atoms with E-state index in [1.807, 2.05) is 24.3 Å². The number of rotatable bonds is 5. The molecule has 0 radical (unpaired) electrons. The molecule has 1 aliphatic rings. The fourth-order valence-electron chi connectivity index (χ4n) is 2.93. The van der Waals surface area contributed by atoms with Gasteiger partial charge in [-0.1, -0.05) is 0 Å². The number of amides is 1. The van der Waals surface area contributed by atoms with Gasteiger partial charge in [0.2, 0.25) is 0 Å². The van der Waals surface area contributed by atoms with Crippen molar-refractivity contribution in [2.45, 2.75) is 32.1 Å². The zero-order valence-electron chi connectivity index (χ0n) is 13.3. The number of ether oxygens (including phenoxy) is 1. The van der Waals surface area contributed by atoms with Crippen LogP contribution in [-0.2, 0) is 17.6 Å². The summed E-state index contributed by atoms with van der Waals surface area (Å²) in [5.41, 5.74) is 2.18. The summed E-state index contributed by atoms with van der Waals surface area (Å²) in [6.07, 6.45) is 4.74. The van der Waals surface area contributed by atoms with Crippen LogP contribution < -0.4 is 4.74 Å². The Morgan fingerprint density at radius 3 is 3.04 bits per heavy atom. The van der Waals surface area contributed by atoms with Crippen molar-refractivity contribution in [2.75, 3.05) is 20.2 Å². The molecule has 5 nitrogen and oxygen atoms in total. The second-order valence-electron chi connectivity index (χ2n) is 5.88. The minimum Gasteiger partial charge on any atom is -0.484 e. The first-order valence-corrected chi connectivity index (χ1v) is 7.97. The number of likely N-dealkylation sites (N-methyl/N-ethyl adjacent to an activating group) is 1. The number of aryl methyl sites for hydroxylation is 2. The Labute approximate surface area is 135 Å². The Hall–Kier alpha value is -2.48. The van der Waals surface area contributed by atoms with Gasteiger partial charge in [0.05, 0.1) is 12.5 Å². The topological polar surface area (TPSA) is 66.5 Å². The summed E-state index contributed by atoms with van der Waals surface area (Å²) >= 11 is 0. The summed E-state index contributed by atoms with van der Waals surface area (Å²) in [5, 5.41) is 9.65. The lowest BCUT2D eigenvalue weighted by Gasteiger charge is -2.15. The zero-order valence-corrected chi connectivity index (χ0v) is 13.3.